The summed E-state index contributed by atoms with van der Waals surface area (Å²) >= 11 is 0. The highest BCUT2D eigenvalue weighted by Gasteiger charge is 2.29. The van der Waals surface area contributed by atoms with Gasteiger partial charge in [-0.3, -0.25) is 0 Å². The van der Waals surface area contributed by atoms with E-state index >= 15 is 0 Å². The molecule has 2 aliphatic carbocycles. The van der Waals surface area contributed by atoms with E-state index in [-0.39, 0.29) is 0 Å². The summed E-state index contributed by atoms with van der Waals surface area (Å²) < 4.78 is 0. The van der Waals surface area contributed by atoms with Crippen molar-refractivity contribution in [2.24, 2.45) is 23.7 Å². The van der Waals surface area contributed by atoms with E-state index in [1.807, 2.05) is 0 Å². The lowest BCUT2D eigenvalue weighted by Gasteiger charge is -2.36. The topological polar surface area (TPSA) is 0 Å². The lowest BCUT2D eigenvalue weighted by atomic mass is 9.69. The van der Waals surface area contributed by atoms with Gasteiger partial charge in [-0.05, 0) is 80.4 Å². The Kier molecular flexibility index (Phi) is 7.03. The minimum Gasteiger partial charge on any atom is -0.0945 e. The maximum absolute atomic E-state index is 3.58. The van der Waals surface area contributed by atoms with E-state index in [2.05, 4.69) is 50.0 Å². The molecule has 2 saturated carbocycles. The van der Waals surface area contributed by atoms with Crippen molar-refractivity contribution in [2.45, 2.75) is 84.5 Å². The average molecular weight is 337 g/mol. The van der Waals surface area contributed by atoms with Gasteiger partial charge in [0.2, 0.25) is 0 Å². The highest BCUT2D eigenvalue weighted by Crippen LogP contribution is 2.41. The van der Waals surface area contributed by atoms with Crippen LogP contribution < -0.4 is 0 Å². The van der Waals surface area contributed by atoms with Crippen molar-refractivity contribution in [2.75, 3.05) is 0 Å². The molecule has 0 nitrogen and oxygen atoms in total. The van der Waals surface area contributed by atoms with Gasteiger partial charge in [-0.2, -0.15) is 0 Å². The molecule has 136 valence electrons. The Morgan fingerprint density at radius 2 is 1.40 bits per heavy atom. The molecular formula is C25H36. The minimum absolute atomic E-state index is 0.638. The molecule has 0 heteroatoms. The van der Waals surface area contributed by atoms with Gasteiger partial charge in [0, 0.05) is 11.5 Å². The van der Waals surface area contributed by atoms with Crippen LogP contribution in [0.3, 0.4) is 0 Å². The zero-order valence-corrected chi connectivity index (χ0v) is 16.4. The van der Waals surface area contributed by atoms with E-state index in [0.29, 0.717) is 5.92 Å². The summed E-state index contributed by atoms with van der Waals surface area (Å²) in [6.45, 7) is 4.60. The van der Waals surface area contributed by atoms with Gasteiger partial charge in [-0.15, -0.1) is 0 Å². The third kappa shape index (κ3) is 5.37. The monoisotopic (exact) mass is 336 g/mol. The lowest BCUT2D eigenvalue weighted by Crippen LogP contribution is -2.25. The maximum atomic E-state index is 3.58. The third-order valence-corrected chi connectivity index (χ3v) is 6.82. The van der Waals surface area contributed by atoms with Gasteiger partial charge in [-0.25, -0.2) is 0 Å². The van der Waals surface area contributed by atoms with E-state index in [4.69, 9.17) is 0 Å². The SMILES string of the molecule is CCCc1ccc(C#C[C@H]2CC[C@H]([C@H]3CC[C@H](CC)CC3)CC2)cc1. The van der Waals surface area contributed by atoms with Crippen LogP contribution in [0.2, 0.25) is 0 Å². The molecule has 2 aliphatic rings. The molecule has 0 saturated heterocycles. The largest absolute Gasteiger partial charge is 0.0945 e. The van der Waals surface area contributed by atoms with Crippen LogP contribution in [0.4, 0.5) is 0 Å². The Bertz CT molecular complexity index is 554. The lowest BCUT2D eigenvalue weighted by molar-refractivity contribution is 0.156. The Morgan fingerprint density at radius 3 is 1.96 bits per heavy atom. The fourth-order valence-electron chi connectivity index (χ4n) is 5.03. The van der Waals surface area contributed by atoms with Gasteiger partial charge in [0.25, 0.3) is 0 Å². The standard InChI is InChI=1S/C25H36/c1-3-5-21-6-8-22(9-7-21)10-11-23-14-18-25(19-15-23)24-16-12-20(4-2)13-17-24/h6-9,20,23-25H,3-5,12-19H2,1-2H3/t20-,23-,24-,25-. The number of hydrogen-bond acceptors (Lipinski definition) is 0. The summed E-state index contributed by atoms with van der Waals surface area (Å²) in [6, 6.07) is 8.90. The molecule has 0 spiro atoms. The van der Waals surface area contributed by atoms with Crippen LogP contribution in [0.25, 0.3) is 0 Å². The van der Waals surface area contributed by atoms with Crippen LogP contribution in [-0.2, 0) is 6.42 Å². The first-order valence-electron chi connectivity index (χ1n) is 10.9. The predicted molar refractivity (Wildman–Crippen MR) is 109 cm³/mol. The van der Waals surface area contributed by atoms with Crippen molar-refractivity contribution in [1.82, 2.24) is 0 Å². The van der Waals surface area contributed by atoms with Gasteiger partial charge >= 0.3 is 0 Å². The van der Waals surface area contributed by atoms with E-state index in [9.17, 15) is 0 Å². The van der Waals surface area contributed by atoms with Crippen LogP contribution in [0.1, 0.15) is 89.2 Å². The first kappa shape index (κ1) is 18.6. The maximum Gasteiger partial charge on any atom is 0.0245 e. The van der Waals surface area contributed by atoms with E-state index in [0.717, 1.165) is 17.8 Å². The van der Waals surface area contributed by atoms with Crippen LogP contribution in [-0.4, -0.2) is 0 Å². The zero-order valence-electron chi connectivity index (χ0n) is 16.4. The average Bonchev–Trinajstić information content (AvgIpc) is 2.68. The van der Waals surface area contributed by atoms with E-state index in [1.165, 1.54) is 81.8 Å². The fraction of sp³-hybridized carbons (Fsp3) is 0.680. The second-order valence-corrected chi connectivity index (χ2v) is 8.52. The Balaban J connectivity index is 1.45. The van der Waals surface area contributed by atoms with Gasteiger partial charge in [-0.1, -0.05) is 63.5 Å². The second-order valence-electron chi connectivity index (χ2n) is 8.52. The molecule has 0 atom stereocenters. The van der Waals surface area contributed by atoms with Gasteiger partial charge in [0.1, 0.15) is 0 Å². The van der Waals surface area contributed by atoms with Crippen LogP contribution in [0, 0.1) is 35.5 Å². The molecule has 0 aliphatic heterocycles. The molecule has 0 amide bonds. The first-order valence-corrected chi connectivity index (χ1v) is 10.9. The van der Waals surface area contributed by atoms with Crippen LogP contribution >= 0.6 is 0 Å². The van der Waals surface area contributed by atoms with Crippen molar-refractivity contribution >= 4 is 0 Å². The highest BCUT2D eigenvalue weighted by atomic mass is 14.3. The number of benzene rings is 1. The van der Waals surface area contributed by atoms with Gasteiger partial charge in [0.15, 0.2) is 0 Å². The predicted octanol–water partition coefficient (Wildman–Crippen LogP) is 7.01. The van der Waals surface area contributed by atoms with Gasteiger partial charge in [0.05, 0.1) is 0 Å². The van der Waals surface area contributed by atoms with Crippen molar-refractivity contribution in [1.29, 1.82) is 0 Å². The molecule has 1 aromatic carbocycles. The Hall–Kier alpha value is -1.22. The second kappa shape index (κ2) is 9.47. The van der Waals surface area contributed by atoms with Crippen molar-refractivity contribution < 1.29 is 0 Å². The summed E-state index contributed by atoms with van der Waals surface area (Å²) in [5, 5.41) is 0. The summed E-state index contributed by atoms with van der Waals surface area (Å²) in [4.78, 5) is 0. The smallest absolute Gasteiger partial charge is 0.0245 e. The zero-order chi connectivity index (χ0) is 17.5. The van der Waals surface area contributed by atoms with Crippen molar-refractivity contribution in [3.63, 3.8) is 0 Å². The molecule has 2 fully saturated rings. The van der Waals surface area contributed by atoms with Crippen LogP contribution in [0.15, 0.2) is 24.3 Å². The summed E-state index contributed by atoms with van der Waals surface area (Å²) in [7, 11) is 0. The van der Waals surface area contributed by atoms with E-state index in [1.54, 1.807) is 0 Å². The molecule has 0 unspecified atom stereocenters. The molecule has 0 aromatic heterocycles. The summed E-state index contributed by atoms with van der Waals surface area (Å²) in [5.41, 5.74) is 2.63. The molecule has 0 bridgehead atoms. The van der Waals surface area contributed by atoms with Gasteiger partial charge < -0.3 is 0 Å². The summed E-state index contributed by atoms with van der Waals surface area (Å²) in [6.07, 6.45) is 15.3. The molecule has 0 radical (unpaired) electrons. The summed E-state index contributed by atoms with van der Waals surface area (Å²) in [5.74, 6) is 10.7. The van der Waals surface area contributed by atoms with E-state index < -0.39 is 0 Å². The van der Waals surface area contributed by atoms with Crippen LogP contribution in [0.5, 0.6) is 0 Å². The fourth-order valence-corrected chi connectivity index (χ4v) is 5.03. The number of aryl methyl sites for hydroxylation is 1. The quantitative estimate of drug-likeness (QED) is 0.518. The normalized spacial score (nSPS) is 29.7. The molecule has 25 heavy (non-hydrogen) atoms. The highest BCUT2D eigenvalue weighted by molar-refractivity contribution is 5.36. The first-order chi connectivity index (χ1) is 12.3. The Labute approximate surface area is 155 Å². The van der Waals surface area contributed by atoms with Crippen molar-refractivity contribution in [3.8, 4) is 11.8 Å². The molecule has 0 heterocycles. The molecular weight excluding hydrogens is 300 g/mol. The third-order valence-electron chi connectivity index (χ3n) is 6.82. The molecule has 3 rings (SSSR count). The number of rotatable bonds is 4. The molecule has 1 aromatic rings. The number of hydrogen-bond donors (Lipinski definition) is 0. The minimum atomic E-state index is 0.638. The Morgan fingerprint density at radius 1 is 0.800 bits per heavy atom. The molecule has 0 N–H and O–H groups in total. The van der Waals surface area contributed by atoms with Crippen molar-refractivity contribution in [3.05, 3.63) is 35.4 Å².